The average molecular weight is 177 g/mol. The summed E-state index contributed by atoms with van der Waals surface area (Å²) in [5.41, 5.74) is 5.09. The molecule has 0 heterocycles. The Labute approximate surface area is 69.2 Å². The van der Waals surface area contributed by atoms with Crippen LogP contribution in [-0.2, 0) is 19.1 Å². The monoisotopic (exact) mass is 177 g/mol. The molecule has 0 spiro atoms. The molecule has 0 atom stereocenters. The van der Waals surface area contributed by atoms with E-state index in [9.17, 15) is 9.59 Å². The van der Waals surface area contributed by atoms with Crippen LogP contribution in [0.5, 0.6) is 0 Å². The second-order valence-corrected chi connectivity index (χ2v) is 1.84. The van der Waals surface area contributed by atoms with Gasteiger partial charge in [-0.25, -0.2) is 9.59 Å². The zero-order chi connectivity index (χ0) is 9.40. The zero-order valence-corrected chi connectivity index (χ0v) is 6.49. The normalized spacial score (nSPS) is 9.42. The largest absolute Gasteiger partial charge is 0.473 e. The predicted octanol–water partition coefficient (Wildman–Crippen LogP) is -1.41. The van der Waals surface area contributed by atoms with E-state index >= 15 is 0 Å². The van der Waals surface area contributed by atoms with Crippen molar-refractivity contribution in [2.45, 2.75) is 0 Å². The summed E-state index contributed by atoms with van der Waals surface area (Å²) in [4.78, 5) is 20.2. The molecule has 0 radical (unpaired) electrons. The number of nitrogens with two attached hydrogens (primary N) is 1. The molecule has 0 aliphatic heterocycles. The lowest BCUT2D eigenvalue weighted by Gasteiger charge is -2.01. The highest BCUT2D eigenvalue weighted by molar-refractivity contribution is 6.28. The van der Waals surface area contributed by atoms with Crippen LogP contribution >= 0.6 is 0 Å². The van der Waals surface area contributed by atoms with Crippen molar-refractivity contribution in [3.8, 4) is 0 Å². The number of carboxylic acid groups (broad SMARTS) is 1. The summed E-state index contributed by atoms with van der Waals surface area (Å²) >= 11 is 0. The van der Waals surface area contributed by atoms with Gasteiger partial charge in [0.15, 0.2) is 0 Å². The van der Waals surface area contributed by atoms with Gasteiger partial charge in [0.1, 0.15) is 6.61 Å². The van der Waals surface area contributed by atoms with Crippen molar-refractivity contribution < 1.29 is 24.2 Å². The Morgan fingerprint density at radius 3 is 2.42 bits per heavy atom. The summed E-state index contributed by atoms with van der Waals surface area (Å²) in [5, 5.41) is 8.05. The fourth-order valence-corrected chi connectivity index (χ4v) is 0.440. The van der Waals surface area contributed by atoms with Gasteiger partial charge in [-0.3, -0.25) is 0 Å². The van der Waals surface area contributed by atoms with Gasteiger partial charge in [-0.2, -0.15) is 0 Å². The molecule has 12 heavy (non-hydrogen) atoms. The van der Waals surface area contributed by atoms with E-state index in [-0.39, 0.29) is 13.2 Å². The molecule has 70 valence electrons. The van der Waals surface area contributed by atoms with E-state index in [0.29, 0.717) is 13.2 Å². The molecule has 0 aliphatic rings. The number of esters is 1. The van der Waals surface area contributed by atoms with Crippen molar-refractivity contribution in [2.24, 2.45) is 5.73 Å². The first-order valence-corrected chi connectivity index (χ1v) is 3.36. The van der Waals surface area contributed by atoms with Crippen molar-refractivity contribution in [3.63, 3.8) is 0 Å². The first kappa shape index (κ1) is 10.9. The summed E-state index contributed by atoms with van der Waals surface area (Å²) in [6, 6.07) is 0. The van der Waals surface area contributed by atoms with Crippen LogP contribution in [0.4, 0.5) is 0 Å². The van der Waals surface area contributed by atoms with E-state index in [1.54, 1.807) is 0 Å². The highest BCUT2D eigenvalue weighted by atomic mass is 16.6. The third kappa shape index (κ3) is 5.63. The molecule has 3 N–H and O–H groups in total. The molecule has 0 rings (SSSR count). The van der Waals surface area contributed by atoms with Gasteiger partial charge in [-0.05, 0) is 0 Å². The number of ether oxygens (including phenoxy) is 2. The van der Waals surface area contributed by atoms with Crippen molar-refractivity contribution in [3.05, 3.63) is 0 Å². The minimum absolute atomic E-state index is 0.0644. The molecule has 0 amide bonds. The average Bonchev–Trinajstić information content (AvgIpc) is 2.03. The Kier molecular flexibility index (Phi) is 5.94. The molecule has 0 saturated heterocycles. The van der Waals surface area contributed by atoms with Crippen LogP contribution in [0.15, 0.2) is 0 Å². The molecule has 0 unspecified atom stereocenters. The minimum Gasteiger partial charge on any atom is -0.473 e. The second kappa shape index (κ2) is 6.56. The summed E-state index contributed by atoms with van der Waals surface area (Å²) < 4.78 is 9.06. The summed E-state index contributed by atoms with van der Waals surface area (Å²) in [6.45, 7) is 0.846. The maximum Gasteiger partial charge on any atom is 0.417 e. The van der Waals surface area contributed by atoms with Crippen LogP contribution in [-0.4, -0.2) is 43.4 Å². The highest BCUT2D eigenvalue weighted by Gasteiger charge is 2.11. The lowest BCUT2D eigenvalue weighted by atomic mass is 10.6. The van der Waals surface area contributed by atoms with Crippen molar-refractivity contribution >= 4 is 11.9 Å². The van der Waals surface area contributed by atoms with Crippen LogP contribution in [0.2, 0.25) is 0 Å². The maximum absolute atomic E-state index is 10.3. The van der Waals surface area contributed by atoms with Crippen LogP contribution < -0.4 is 5.73 Å². The Bertz CT molecular complexity index is 158. The molecule has 0 fully saturated rings. The Hall–Kier alpha value is -1.14. The first-order valence-electron chi connectivity index (χ1n) is 3.36. The van der Waals surface area contributed by atoms with Gasteiger partial charge < -0.3 is 20.3 Å². The van der Waals surface area contributed by atoms with Gasteiger partial charge in [0.25, 0.3) is 0 Å². The topological polar surface area (TPSA) is 98.9 Å². The first-order chi connectivity index (χ1) is 5.68. The predicted molar refractivity (Wildman–Crippen MR) is 38.5 cm³/mol. The number of carboxylic acids is 1. The van der Waals surface area contributed by atoms with Gasteiger partial charge in [0.2, 0.25) is 0 Å². The number of aliphatic carboxylic acids is 1. The van der Waals surface area contributed by atoms with Gasteiger partial charge in [-0.1, -0.05) is 0 Å². The van der Waals surface area contributed by atoms with Gasteiger partial charge >= 0.3 is 11.9 Å². The van der Waals surface area contributed by atoms with Crippen LogP contribution in [0.25, 0.3) is 0 Å². The summed E-state index contributed by atoms with van der Waals surface area (Å²) in [5.74, 6) is -2.87. The Morgan fingerprint density at radius 1 is 1.25 bits per heavy atom. The van der Waals surface area contributed by atoms with Gasteiger partial charge in [0, 0.05) is 6.54 Å². The van der Waals surface area contributed by atoms with Gasteiger partial charge in [-0.15, -0.1) is 0 Å². The molecule has 0 aromatic rings. The Morgan fingerprint density at radius 2 is 1.92 bits per heavy atom. The summed E-state index contributed by atoms with van der Waals surface area (Å²) in [6.07, 6.45) is 0. The summed E-state index contributed by atoms with van der Waals surface area (Å²) in [7, 11) is 0. The minimum atomic E-state index is -1.60. The molecule has 6 nitrogen and oxygen atoms in total. The number of carbonyl (C=O) groups excluding carboxylic acids is 1. The number of hydrogen-bond donors (Lipinski definition) is 2. The Balaban J connectivity index is 3.20. The van der Waals surface area contributed by atoms with Crippen molar-refractivity contribution in [1.29, 1.82) is 0 Å². The molecule has 0 aliphatic carbocycles. The smallest absolute Gasteiger partial charge is 0.417 e. The van der Waals surface area contributed by atoms with Crippen LogP contribution in [0, 0.1) is 0 Å². The molecular weight excluding hydrogens is 166 g/mol. The number of hydrogen-bond acceptors (Lipinski definition) is 5. The number of rotatable bonds is 5. The molecule has 0 aromatic heterocycles. The van der Waals surface area contributed by atoms with E-state index in [0.717, 1.165) is 0 Å². The van der Waals surface area contributed by atoms with Crippen LogP contribution in [0.3, 0.4) is 0 Å². The molecule has 0 saturated carbocycles. The third-order valence-electron chi connectivity index (χ3n) is 0.898. The fourth-order valence-electron chi connectivity index (χ4n) is 0.440. The van der Waals surface area contributed by atoms with E-state index in [1.807, 2.05) is 0 Å². The number of carbonyl (C=O) groups is 2. The van der Waals surface area contributed by atoms with E-state index in [1.165, 1.54) is 0 Å². The van der Waals surface area contributed by atoms with Crippen molar-refractivity contribution in [2.75, 3.05) is 26.4 Å². The van der Waals surface area contributed by atoms with E-state index in [4.69, 9.17) is 15.6 Å². The lowest BCUT2D eigenvalue weighted by molar-refractivity contribution is -0.164. The standard InChI is InChI=1S/C6H11NO5/c7-1-2-11-3-4-12-6(10)5(8)9/h1-4,7H2,(H,8,9). The van der Waals surface area contributed by atoms with Crippen LogP contribution in [0.1, 0.15) is 0 Å². The second-order valence-electron chi connectivity index (χ2n) is 1.84. The van der Waals surface area contributed by atoms with Crippen molar-refractivity contribution in [1.82, 2.24) is 0 Å². The van der Waals surface area contributed by atoms with Gasteiger partial charge in [0.05, 0.1) is 13.2 Å². The lowest BCUT2D eigenvalue weighted by Crippen LogP contribution is -2.19. The fraction of sp³-hybridized carbons (Fsp3) is 0.667. The van der Waals surface area contributed by atoms with E-state index < -0.39 is 11.9 Å². The third-order valence-corrected chi connectivity index (χ3v) is 0.898. The maximum atomic E-state index is 10.3. The zero-order valence-electron chi connectivity index (χ0n) is 6.49. The quantitative estimate of drug-likeness (QED) is 0.304. The molecule has 0 aromatic carbocycles. The molecule has 0 bridgehead atoms. The molecule has 6 heteroatoms. The molecular formula is C6H11NO5. The van der Waals surface area contributed by atoms with E-state index in [2.05, 4.69) is 4.74 Å². The SMILES string of the molecule is NCCOCCOC(=O)C(=O)O. The highest BCUT2D eigenvalue weighted by Crippen LogP contribution is 1.80.